The van der Waals surface area contributed by atoms with Crippen molar-refractivity contribution in [2.75, 3.05) is 18.2 Å². The monoisotopic (exact) mass is 993 g/mol. The van der Waals surface area contributed by atoms with Crippen LogP contribution in [0.15, 0.2) is 140 Å². The van der Waals surface area contributed by atoms with Gasteiger partial charge in [-0.25, -0.2) is 23.7 Å². The minimum atomic E-state index is -0.312. The maximum absolute atomic E-state index is 13.4. The topological polar surface area (TPSA) is 130 Å². The van der Waals surface area contributed by atoms with Gasteiger partial charge in [0.15, 0.2) is 37.2 Å². The molecule has 1 amide bonds. The second-order valence-corrected chi connectivity index (χ2v) is 15.6. The minimum Gasteiger partial charge on any atom is -1.00 e. The zero-order valence-electron chi connectivity index (χ0n) is 37.0. The van der Waals surface area contributed by atoms with Crippen LogP contribution in [0.25, 0.3) is 90.9 Å². The number of fused-ring (bicyclic) bond motifs is 8. The Morgan fingerprint density at radius 3 is 1.21 bits per heavy atom. The second kappa shape index (κ2) is 20.7. The van der Waals surface area contributed by atoms with E-state index < -0.39 is 0 Å². The van der Waals surface area contributed by atoms with Crippen LogP contribution in [0.5, 0.6) is 5.75 Å². The molecule has 0 saturated heterocycles. The number of hydrogen-bond acceptors (Lipinski definition) is 5. The van der Waals surface area contributed by atoms with Crippen molar-refractivity contribution in [3.05, 3.63) is 169 Å². The maximum Gasteiger partial charge on any atom is 2.00 e. The van der Waals surface area contributed by atoms with Crippen molar-refractivity contribution in [3.8, 4) is 50.3 Å². The molecule has 2 aliphatic heterocycles. The second-order valence-electron chi connectivity index (χ2n) is 15.6. The van der Waals surface area contributed by atoms with Gasteiger partial charge in [-0.3, -0.25) is 4.79 Å². The van der Waals surface area contributed by atoms with Gasteiger partial charge in [0.2, 0.25) is 0 Å². The van der Waals surface area contributed by atoms with Gasteiger partial charge >= 0.3 is 19.5 Å². The molecule has 0 spiro atoms. The molecule has 15 heteroatoms. The Hall–Kier alpha value is -6.95. The van der Waals surface area contributed by atoms with Crippen LogP contribution in [0.4, 0.5) is 11.4 Å². The van der Waals surface area contributed by atoms with Crippen LogP contribution in [0, 0.1) is 0 Å². The summed E-state index contributed by atoms with van der Waals surface area (Å²) < 4.78 is 11.5. The van der Waals surface area contributed by atoms with Crippen molar-refractivity contribution >= 4 is 63.7 Å². The molecule has 3 N–H and O–H groups in total. The molecule has 67 heavy (non-hydrogen) atoms. The van der Waals surface area contributed by atoms with Crippen molar-refractivity contribution in [3.63, 3.8) is 0 Å². The number of carbonyl (C=O) groups excluding carboxylic acids is 1. The van der Waals surface area contributed by atoms with Gasteiger partial charge in [-0.05, 0) is 93.1 Å². The molecule has 2 aliphatic rings. The smallest absolute Gasteiger partial charge is 1.00 e. The Bertz CT molecular complexity index is 3310. The molecule has 0 fully saturated rings. The number of nitrogens with two attached hydrogens (primary N) is 1. The SMILES string of the molecule is COc1cc(N)ccc1C(=O)Nc1ccc(-c2c3nc(c(-c4cc[n+](C)cc4)c4ccc([n-]4)c(-c4cc[n+](C)cc4)c4nc(c(-c5cc[n+](C)cc5)c5ccc2[n-]5)C=C4)C=C3)cc1.[Cl-].[Cl-].[Cl-].[Zn+2]. The van der Waals surface area contributed by atoms with Crippen LogP contribution in [-0.4, -0.2) is 23.0 Å². The predicted octanol–water partition coefficient (Wildman–Crippen LogP) is -1.09. The molecule has 2 aromatic carbocycles. The molecule has 8 heterocycles. The molecule has 0 saturated carbocycles. The van der Waals surface area contributed by atoms with E-state index in [1.54, 1.807) is 18.2 Å². The van der Waals surface area contributed by atoms with E-state index in [2.05, 4.69) is 78.1 Å². The summed E-state index contributed by atoms with van der Waals surface area (Å²) in [6, 6.07) is 33.5. The number of anilines is 2. The fraction of sp³-hybridized carbons (Fsp3) is 0.0769. The third kappa shape index (κ3) is 9.80. The Kier molecular flexibility index (Phi) is 15.3. The summed E-state index contributed by atoms with van der Waals surface area (Å²) in [6.07, 6.45) is 20.4. The molecule has 0 aliphatic carbocycles. The van der Waals surface area contributed by atoms with Gasteiger partial charge in [0, 0.05) is 53.8 Å². The molecule has 11 nitrogen and oxygen atoms in total. The van der Waals surface area contributed by atoms with E-state index in [0.717, 1.165) is 89.4 Å². The molecule has 0 atom stereocenters. The van der Waals surface area contributed by atoms with Gasteiger partial charge < -0.3 is 63.0 Å². The van der Waals surface area contributed by atoms with Crippen LogP contribution in [-0.2, 0) is 40.6 Å². The number of hydrogen-bond donors (Lipinski definition) is 2. The van der Waals surface area contributed by atoms with Gasteiger partial charge in [0.05, 0.1) is 35.4 Å². The fourth-order valence-electron chi connectivity index (χ4n) is 8.09. The number of ether oxygens (including phenoxy) is 1. The first-order valence-corrected chi connectivity index (χ1v) is 20.5. The number of carbonyl (C=O) groups is 1. The minimum absolute atomic E-state index is 0. The molecule has 6 aromatic heterocycles. The zero-order chi connectivity index (χ0) is 43.2. The first-order valence-electron chi connectivity index (χ1n) is 20.5. The Balaban J connectivity index is 0.00000185. The molecular weight excluding hydrogens is 954 g/mol. The van der Waals surface area contributed by atoms with E-state index in [1.165, 1.54) is 7.11 Å². The summed E-state index contributed by atoms with van der Waals surface area (Å²) in [5.74, 6) is 0.0846. The van der Waals surface area contributed by atoms with E-state index in [0.29, 0.717) is 22.7 Å². The van der Waals surface area contributed by atoms with Crippen molar-refractivity contribution in [1.29, 1.82) is 0 Å². The third-order valence-electron chi connectivity index (χ3n) is 11.3. The molecule has 330 valence electrons. The van der Waals surface area contributed by atoms with Gasteiger partial charge in [0.1, 0.15) is 26.9 Å². The molecular formula is C52H42Cl3N9O2Zn. The molecule has 8 bridgehead atoms. The summed E-state index contributed by atoms with van der Waals surface area (Å²) in [6.45, 7) is 0. The van der Waals surface area contributed by atoms with Crippen LogP contribution >= 0.6 is 0 Å². The number of benzene rings is 2. The summed E-state index contributed by atoms with van der Waals surface area (Å²) in [4.78, 5) is 34.9. The van der Waals surface area contributed by atoms with Crippen LogP contribution in [0.3, 0.4) is 0 Å². The first-order chi connectivity index (χ1) is 30.7. The van der Waals surface area contributed by atoms with Gasteiger partial charge in [-0.2, -0.15) is 0 Å². The number of nitrogens with one attached hydrogen (secondary N) is 1. The van der Waals surface area contributed by atoms with Gasteiger partial charge in [-0.1, -0.05) is 36.4 Å². The van der Waals surface area contributed by atoms with E-state index in [1.807, 2.05) is 108 Å². The van der Waals surface area contributed by atoms with E-state index in [9.17, 15) is 4.79 Å². The van der Waals surface area contributed by atoms with Crippen LogP contribution in [0.2, 0.25) is 0 Å². The van der Waals surface area contributed by atoms with Crippen molar-refractivity contribution < 1.29 is 79.9 Å². The summed E-state index contributed by atoms with van der Waals surface area (Å²) in [7, 11) is 7.53. The largest absolute Gasteiger partial charge is 2.00 e. The van der Waals surface area contributed by atoms with E-state index in [4.69, 9.17) is 30.4 Å². The predicted molar refractivity (Wildman–Crippen MR) is 247 cm³/mol. The standard InChI is InChI=1S/C52H41N9O2.3ClH.Zn/c1-59-25-19-33(20-26-59)49-41-13-11-39(55-41)48(32-5-8-37(9-6-32)54-52(62)38-10-7-36(53)31-47(38)63-4)40-12-14-42(56-40)50(34-21-27-60(2)28-22-34)44-16-18-46(58-44)51(45-17-15-43(49)57-45)35-23-29-61(3)30-24-35;;;;/h5-31H,1-4H3,(H2-2,53,54,55,56,57,58,62);3*1H;/q;;;;+2/p-2. The fourth-order valence-corrected chi connectivity index (χ4v) is 8.09. The average Bonchev–Trinajstić information content (AvgIpc) is 4.14. The molecule has 8 aromatic rings. The number of rotatable bonds is 7. The van der Waals surface area contributed by atoms with E-state index >= 15 is 0 Å². The first kappa shape index (κ1) is 49.5. The van der Waals surface area contributed by atoms with Gasteiger partial charge in [-0.15, -0.1) is 22.1 Å². The zero-order valence-corrected chi connectivity index (χ0v) is 42.2. The van der Waals surface area contributed by atoms with Crippen molar-refractivity contribution in [2.24, 2.45) is 21.1 Å². The Morgan fingerprint density at radius 2 is 0.866 bits per heavy atom. The van der Waals surface area contributed by atoms with Crippen LogP contribution < -0.4 is 76.7 Å². The average molecular weight is 997 g/mol. The normalized spacial score (nSPS) is 11.1. The third-order valence-corrected chi connectivity index (χ3v) is 11.3. The number of nitrogen functional groups attached to an aromatic ring is 1. The molecule has 0 radical (unpaired) electrons. The number of pyridine rings is 3. The number of nitrogens with zero attached hydrogens (tertiary/aromatic N) is 7. The maximum atomic E-state index is 13.4. The summed E-state index contributed by atoms with van der Waals surface area (Å²) in [5, 5.41) is 3.01. The van der Waals surface area contributed by atoms with Crippen LogP contribution in [0.1, 0.15) is 33.1 Å². The molecule has 0 unspecified atom stereocenters. The van der Waals surface area contributed by atoms with Crippen molar-refractivity contribution in [2.45, 2.75) is 0 Å². The number of halogens is 3. The summed E-state index contributed by atoms with van der Waals surface area (Å²) in [5.41, 5.74) is 21.0. The van der Waals surface area contributed by atoms with Gasteiger partial charge in [0.25, 0.3) is 5.91 Å². The number of aromatic nitrogens is 7. The summed E-state index contributed by atoms with van der Waals surface area (Å²) >= 11 is 0. The number of amides is 1. The van der Waals surface area contributed by atoms with Crippen molar-refractivity contribution in [1.82, 2.24) is 19.9 Å². The quantitative estimate of drug-likeness (QED) is 0.118. The number of aryl methyl sites for hydroxylation is 3. The molecule has 10 rings (SSSR count). The number of methoxy groups -OCH3 is 1. The van der Waals surface area contributed by atoms with E-state index in [-0.39, 0.29) is 62.6 Å². The Labute approximate surface area is 419 Å². The Morgan fingerprint density at radius 1 is 0.522 bits per heavy atom.